The third-order valence-corrected chi connectivity index (χ3v) is 3.60. The van der Waals surface area contributed by atoms with E-state index >= 15 is 0 Å². The zero-order chi connectivity index (χ0) is 15.6. The van der Waals surface area contributed by atoms with Crippen molar-refractivity contribution in [1.82, 2.24) is 10.6 Å². The van der Waals surface area contributed by atoms with E-state index in [1.54, 1.807) is 0 Å². The molecule has 2 aromatic carbocycles. The zero-order valence-corrected chi connectivity index (χ0v) is 13.7. The SMILES string of the molecule is CNCCCNCc1ccc(OCc2ccc(Cl)cc2)cc1. The quantitative estimate of drug-likeness (QED) is 0.693. The van der Waals surface area contributed by atoms with Gasteiger partial charge in [-0.25, -0.2) is 0 Å². The lowest BCUT2D eigenvalue weighted by Crippen LogP contribution is -2.19. The maximum atomic E-state index is 5.87. The molecule has 2 rings (SSSR count). The van der Waals surface area contributed by atoms with E-state index in [0.717, 1.165) is 42.4 Å². The van der Waals surface area contributed by atoms with Crippen molar-refractivity contribution in [3.8, 4) is 5.75 Å². The van der Waals surface area contributed by atoms with Crippen LogP contribution in [0.1, 0.15) is 17.5 Å². The Labute approximate surface area is 137 Å². The molecule has 2 aromatic rings. The van der Waals surface area contributed by atoms with Crippen molar-refractivity contribution in [3.63, 3.8) is 0 Å². The molecular weight excluding hydrogens is 296 g/mol. The Bertz CT molecular complexity index is 540. The first kappa shape index (κ1) is 16.8. The van der Waals surface area contributed by atoms with Crippen LogP contribution >= 0.6 is 11.6 Å². The predicted octanol–water partition coefficient (Wildman–Crippen LogP) is 3.62. The highest BCUT2D eigenvalue weighted by molar-refractivity contribution is 6.30. The molecule has 0 saturated carbocycles. The summed E-state index contributed by atoms with van der Waals surface area (Å²) in [5, 5.41) is 7.31. The summed E-state index contributed by atoms with van der Waals surface area (Å²) in [5.41, 5.74) is 2.38. The molecule has 0 heterocycles. The number of rotatable bonds is 9. The molecule has 0 unspecified atom stereocenters. The van der Waals surface area contributed by atoms with E-state index in [0.29, 0.717) is 6.61 Å². The first-order valence-electron chi connectivity index (χ1n) is 7.59. The Balaban J connectivity index is 1.73. The van der Waals surface area contributed by atoms with E-state index in [4.69, 9.17) is 16.3 Å². The molecule has 0 atom stereocenters. The van der Waals surface area contributed by atoms with Gasteiger partial charge in [-0.05, 0) is 62.0 Å². The lowest BCUT2D eigenvalue weighted by Gasteiger charge is -2.08. The van der Waals surface area contributed by atoms with Crippen LogP contribution in [0.2, 0.25) is 5.02 Å². The van der Waals surface area contributed by atoms with Gasteiger partial charge in [-0.3, -0.25) is 0 Å². The maximum Gasteiger partial charge on any atom is 0.119 e. The molecular formula is C18H23ClN2O. The average Bonchev–Trinajstić information content (AvgIpc) is 2.55. The van der Waals surface area contributed by atoms with Crippen LogP contribution in [-0.4, -0.2) is 20.1 Å². The van der Waals surface area contributed by atoms with Gasteiger partial charge in [0.15, 0.2) is 0 Å². The average molecular weight is 319 g/mol. The van der Waals surface area contributed by atoms with Gasteiger partial charge in [-0.15, -0.1) is 0 Å². The lowest BCUT2D eigenvalue weighted by molar-refractivity contribution is 0.306. The Kier molecular flexibility index (Phi) is 7.23. The molecule has 118 valence electrons. The molecule has 2 N–H and O–H groups in total. The van der Waals surface area contributed by atoms with Crippen molar-refractivity contribution >= 4 is 11.6 Å². The summed E-state index contributed by atoms with van der Waals surface area (Å²) in [5.74, 6) is 0.883. The first-order valence-corrected chi connectivity index (χ1v) is 7.97. The van der Waals surface area contributed by atoms with E-state index in [2.05, 4.69) is 22.8 Å². The molecule has 0 aromatic heterocycles. The van der Waals surface area contributed by atoms with Crippen LogP contribution in [0, 0.1) is 0 Å². The van der Waals surface area contributed by atoms with Crippen molar-refractivity contribution in [2.75, 3.05) is 20.1 Å². The summed E-state index contributed by atoms with van der Waals surface area (Å²) in [7, 11) is 1.97. The van der Waals surface area contributed by atoms with E-state index in [-0.39, 0.29) is 0 Å². The molecule has 3 nitrogen and oxygen atoms in total. The molecule has 0 bridgehead atoms. The largest absolute Gasteiger partial charge is 0.489 e. The van der Waals surface area contributed by atoms with Gasteiger partial charge in [-0.2, -0.15) is 0 Å². The Morgan fingerprint density at radius 3 is 2.27 bits per heavy atom. The van der Waals surface area contributed by atoms with Gasteiger partial charge in [0.05, 0.1) is 0 Å². The van der Waals surface area contributed by atoms with Crippen molar-refractivity contribution in [3.05, 3.63) is 64.7 Å². The zero-order valence-electron chi connectivity index (χ0n) is 12.9. The first-order chi connectivity index (χ1) is 10.8. The number of halogens is 1. The van der Waals surface area contributed by atoms with Gasteiger partial charge < -0.3 is 15.4 Å². The van der Waals surface area contributed by atoms with E-state index in [1.165, 1.54) is 5.56 Å². The highest BCUT2D eigenvalue weighted by Gasteiger charge is 1.98. The summed E-state index contributed by atoms with van der Waals surface area (Å²) >= 11 is 5.87. The minimum absolute atomic E-state index is 0.554. The molecule has 0 fully saturated rings. The number of ether oxygens (including phenoxy) is 1. The number of hydrogen-bond donors (Lipinski definition) is 2. The van der Waals surface area contributed by atoms with E-state index in [1.807, 2.05) is 43.4 Å². The minimum Gasteiger partial charge on any atom is -0.489 e. The van der Waals surface area contributed by atoms with Gasteiger partial charge >= 0.3 is 0 Å². The molecule has 4 heteroatoms. The molecule has 0 saturated heterocycles. The van der Waals surface area contributed by atoms with Crippen LogP contribution in [0.5, 0.6) is 5.75 Å². The van der Waals surface area contributed by atoms with E-state index < -0.39 is 0 Å². The van der Waals surface area contributed by atoms with Gasteiger partial charge in [0, 0.05) is 11.6 Å². The monoisotopic (exact) mass is 318 g/mol. The lowest BCUT2D eigenvalue weighted by atomic mass is 10.2. The normalized spacial score (nSPS) is 10.6. The van der Waals surface area contributed by atoms with Crippen molar-refractivity contribution < 1.29 is 4.74 Å². The third kappa shape index (κ3) is 6.06. The predicted molar refractivity (Wildman–Crippen MR) is 92.5 cm³/mol. The van der Waals surface area contributed by atoms with Gasteiger partial charge in [-0.1, -0.05) is 35.9 Å². The van der Waals surface area contributed by atoms with E-state index in [9.17, 15) is 0 Å². The van der Waals surface area contributed by atoms with Crippen molar-refractivity contribution in [2.45, 2.75) is 19.6 Å². The molecule has 0 aliphatic rings. The van der Waals surface area contributed by atoms with Crippen molar-refractivity contribution in [2.24, 2.45) is 0 Å². The smallest absolute Gasteiger partial charge is 0.119 e. The van der Waals surface area contributed by atoms with Crippen LogP contribution in [0.15, 0.2) is 48.5 Å². The van der Waals surface area contributed by atoms with Crippen LogP contribution in [0.4, 0.5) is 0 Å². The molecule has 0 spiro atoms. The molecule has 0 aliphatic carbocycles. The molecule has 0 aliphatic heterocycles. The summed E-state index contributed by atoms with van der Waals surface area (Å²) in [6.45, 7) is 3.51. The number of benzene rings is 2. The highest BCUT2D eigenvalue weighted by atomic mass is 35.5. The number of nitrogens with one attached hydrogen (secondary N) is 2. The fraction of sp³-hybridized carbons (Fsp3) is 0.333. The Morgan fingerprint density at radius 1 is 0.909 bits per heavy atom. The minimum atomic E-state index is 0.554. The second-order valence-corrected chi connectivity index (χ2v) is 5.63. The third-order valence-electron chi connectivity index (χ3n) is 3.35. The summed E-state index contributed by atoms with van der Waals surface area (Å²) in [6.07, 6.45) is 1.14. The summed E-state index contributed by atoms with van der Waals surface area (Å²) in [4.78, 5) is 0. The van der Waals surface area contributed by atoms with Gasteiger partial charge in [0.1, 0.15) is 12.4 Å². The maximum absolute atomic E-state index is 5.87. The van der Waals surface area contributed by atoms with Crippen molar-refractivity contribution in [1.29, 1.82) is 0 Å². The Morgan fingerprint density at radius 2 is 1.59 bits per heavy atom. The molecule has 22 heavy (non-hydrogen) atoms. The second kappa shape index (κ2) is 9.46. The fourth-order valence-corrected chi connectivity index (χ4v) is 2.20. The van der Waals surface area contributed by atoms with Gasteiger partial charge in [0.25, 0.3) is 0 Å². The highest BCUT2D eigenvalue weighted by Crippen LogP contribution is 2.15. The standard InChI is InChI=1S/C18H23ClN2O/c1-20-11-2-12-21-13-15-5-9-18(10-6-15)22-14-16-3-7-17(19)8-4-16/h3-10,20-21H,2,11-14H2,1H3. The summed E-state index contributed by atoms with van der Waals surface area (Å²) in [6, 6.07) is 15.9. The van der Waals surface area contributed by atoms with Crippen LogP contribution < -0.4 is 15.4 Å². The fourth-order valence-electron chi connectivity index (χ4n) is 2.07. The van der Waals surface area contributed by atoms with Crippen LogP contribution in [0.3, 0.4) is 0 Å². The summed E-state index contributed by atoms with van der Waals surface area (Å²) < 4.78 is 5.77. The topological polar surface area (TPSA) is 33.3 Å². The second-order valence-electron chi connectivity index (χ2n) is 5.19. The number of hydrogen-bond acceptors (Lipinski definition) is 3. The Hall–Kier alpha value is -1.55. The molecule has 0 radical (unpaired) electrons. The van der Waals surface area contributed by atoms with Gasteiger partial charge in [0.2, 0.25) is 0 Å². The van der Waals surface area contributed by atoms with Crippen LogP contribution in [0.25, 0.3) is 0 Å². The van der Waals surface area contributed by atoms with Crippen LogP contribution in [-0.2, 0) is 13.2 Å². The molecule has 0 amide bonds.